The lowest BCUT2D eigenvalue weighted by Gasteiger charge is -2.13. The Morgan fingerprint density at radius 2 is 2.11 bits per heavy atom. The van der Waals surface area contributed by atoms with E-state index in [2.05, 4.69) is 21.2 Å². The highest BCUT2D eigenvalue weighted by atomic mass is 79.9. The van der Waals surface area contributed by atoms with Crippen molar-refractivity contribution in [2.24, 2.45) is 0 Å². The van der Waals surface area contributed by atoms with Crippen LogP contribution in [0.2, 0.25) is 0 Å². The fourth-order valence-electron chi connectivity index (χ4n) is 1.64. The molecule has 0 saturated carbocycles. The molecule has 0 saturated heterocycles. The number of hydrogen-bond donors (Lipinski definition) is 1. The third-order valence-corrected chi connectivity index (χ3v) is 4.47. The van der Waals surface area contributed by atoms with Gasteiger partial charge in [-0.2, -0.15) is 0 Å². The van der Waals surface area contributed by atoms with Crippen molar-refractivity contribution in [2.45, 2.75) is 19.5 Å². The molecule has 0 aliphatic rings. The summed E-state index contributed by atoms with van der Waals surface area (Å²) in [6.07, 6.45) is 1.18. The molecule has 19 heavy (non-hydrogen) atoms. The normalized spacial score (nSPS) is 13.2. The number of hydrogen-bond acceptors (Lipinski definition) is 5. The first-order valence-corrected chi connectivity index (χ1v) is 8.39. The first kappa shape index (κ1) is 16.1. The molecule has 1 aromatic carbocycles. The molecule has 0 fully saturated rings. The molecule has 6 nitrogen and oxygen atoms in total. The minimum atomic E-state index is -3.04. The van der Waals surface area contributed by atoms with Gasteiger partial charge in [-0.25, -0.2) is 8.42 Å². The fourth-order valence-corrected chi connectivity index (χ4v) is 3.22. The maximum atomic E-state index is 11.1. The van der Waals surface area contributed by atoms with Crippen molar-refractivity contribution in [3.63, 3.8) is 0 Å². The van der Waals surface area contributed by atoms with Crippen LogP contribution in [0.15, 0.2) is 22.7 Å². The molecular weight excluding hydrogens is 336 g/mol. The molecule has 0 aromatic heterocycles. The maximum Gasteiger partial charge on any atom is 0.283 e. The summed E-state index contributed by atoms with van der Waals surface area (Å²) >= 11 is 3.19. The van der Waals surface area contributed by atoms with Crippen molar-refractivity contribution in [3.8, 4) is 0 Å². The Kier molecular flexibility index (Phi) is 5.45. The predicted molar refractivity (Wildman–Crippen MR) is 76.8 cm³/mol. The van der Waals surface area contributed by atoms with Gasteiger partial charge in [0.2, 0.25) is 0 Å². The second-order valence-corrected chi connectivity index (χ2v) is 7.36. The average molecular weight is 351 g/mol. The first-order valence-electron chi connectivity index (χ1n) is 5.53. The summed E-state index contributed by atoms with van der Waals surface area (Å²) in [4.78, 5) is 10.3. The number of nitrogens with one attached hydrogen (secondary N) is 1. The van der Waals surface area contributed by atoms with Gasteiger partial charge in [0.1, 0.15) is 9.84 Å². The van der Waals surface area contributed by atoms with Gasteiger partial charge in [-0.05, 0) is 28.4 Å². The Hall–Kier alpha value is -0.990. The van der Waals surface area contributed by atoms with Gasteiger partial charge in [0.05, 0.1) is 15.1 Å². The van der Waals surface area contributed by atoms with Crippen LogP contribution in [0.1, 0.15) is 12.5 Å². The van der Waals surface area contributed by atoms with Crippen LogP contribution in [0.3, 0.4) is 0 Å². The van der Waals surface area contributed by atoms with Gasteiger partial charge in [0.25, 0.3) is 5.69 Å². The van der Waals surface area contributed by atoms with Crippen molar-refractivity contribution in [1.29, 1.82) is 0 Å². The Labute approximate surface area is 120 Å². The molecule has 0 aliphatic heterocycles. The lowest BCUT2D eigenvalue weighted by atomic mass is 10.2. The van der Waals surface area contributed by atoms with E-state index in [0.29, 0.717) is 11.0 Å². The number of nitrogens with zero attached hydrogens (tertiary/aromatic N) is 1. The zero-order valence-corrected chi connectivity index (χ0v) is 13.0. The summed E-state index contributed by atoms with van der Waals surface area (Å²) in [5, 5.41) is 13.8. The average Bonchev–Trinajstić information content (AvgIpc) is 2.24. The van der Waals surface area contributed by atoms with Gasteiger partial charge in [-0.1, -0.05) is 12.1 Å². The van der Waals surface area contributed by atoms with E-state index >= 15 is 0 Å². The summed E-state index contributed by atoms with van der Waals surface area (Å²) in [5.41, 5.74) is 0.713. The SMILES string of the molecule is CC(CS(C)(=O)=O)NCc1cccc([N+](=O)[O-])c1Br. The summed E-state index contributed by atoms with van der Waals surface area (Å²) in [7, 11) is -3.04. The molecule has 1 aromatic rings. The Bertz CT molecular complexity index is 574. The van der Waals surface area contributed by atoms with E-state index in [-0.39, 0.29) is 17.5 Å². The number of rotatable bonds is 6. The third-order valence-electron chi connectivity index (χ3n) is 2.45. The molecule has 0 heterocycles. The largest absolute Gasteiger partial charge is 0.309 e. The monoisotopic (exact) mass is 350 g/mol. The molecule has 8 heteroatoms. The standard InChI is InChI=1S/C11H15BrN2O4S/c1-8(7-19(2,17)18)13-6-9-4-3-5-10(11(9)12)14(15)16/h3-5,8,13H,6-7H2,1-2H3. The summed E-state index contributed by atoms with van der Waals surface area (Å²) in [5.74, 6) is 0.0273. The Morgan fingerprint density at radius 3 is 2.63 bits per heavy atom. The predicted octanol–water partition coefficient (Wildman–Crippen LogP) is 1.88. The quantitative estimate of drug-likeness (QED) is 0.624. The Balaban J connectivity index is 2.74. The number of halogens is 1. The van der Waals surface area contributed by atoms with Crippen LogP contribution < -0.4 is 5.32 Å². The van der Waals surface area contributed by atoms with Crippen molar-refractivity contribution < 1.29 is 13.3 Å². The zero-order chi connectivity index (χ0) is 14.6. The number of sulfone groups is 1. The lowest BCUT2D eigenvalue weighted by Crippen LogP contribution is -2.32. The smallest absolute Gasteiger partial charge is 0.283 e. The minimum Gasteiger partial charge on any atom is -0.309 e. The third kappa shape index (κ3) is 5.25. The van der Waals surface area contributed by atoms with Gasteiger partial charge < -0.3 is 5.32 Å². The van der Waals surface area contributed by atoms with Crippen LogP contribution in [0.25, 0.3) is 0 Å². The van der Waals surface area contributed by atoms with Crippen molar-refractivity contribution in [2.75, 3.05) is 12.0 Å². The zero-order valence-electron chi connectivity index (χ0n) is 10.6. The molecule has 0 spiro atoms. The second-order valence-electron chi connectivity index (χ2n) is 4.38. The summed E-state index contributed by atoms with van der Waals surface area (Å²) < 4.78 is 22.7. The van der Waals surface area contributed by atoms with E-state index in [1.54, 1.807) is 19.1 Å². The van der Waals surface area contributed by atoms with Crippen molar-refractivity contribution in [1.82, 2.24) is 5.32 Å². The molecule has 1 N–H and O–H groups in total. The van der Waals surface area contributed by atoms with E-state index in [4.69, 9.17) is 0 Å². The summed E-state index contributed by atoms with van der Waals surface area (Å²) in [6.45, 7) is 2.12. The van der Waals surface area contributed by atoms with Crippen molar-refractivity contribution in [3.05, 3.63) is 38.3 Å². The molecule has 0 aliphatic carbocycles. The molecule has 0 bridgehead atoms. The van der Waals surface area contributed by atoms with Gasteiger partial charge in [-0.3, -0.25) is 10.1 Å². The van der Waals surface area contributed by atoms with E-state index in [1.165, 1.54) is 12.3 Å². The molecule has 0 radical (unpaired) electrons. The highest BCUT2D eigenvalue weighted by Gasteiger charge is 2.16. The van der Waals surface area contributed by atoms with Gasteiger partial charge in [-0.15, -0.1) is 0 Å². The van der Waals surface area contributed by atoms with Gasteiger partial charge in [0, 0.05) is 24.9 Å². The van der Waals surface area contributed by atoms with Crippen LogP contribution in [0, 0.1) is 10.1 Å². The van der Waals surface area contributed by atoms with E-state index in [0.717, 1.165) is 5.56 Å². The van der Waals surface area contributed by atoms with Crippen LogP contribution in [0.4, 0.5) is 5.69 Å². The number of benzene rings is 1. The lowest BCUT2D eigenvalue weighted by molar-refractivity contribution is -0.385. The van der Waals surface area contributed by atoms with Crippen LogP contribution in [-0.2, 0) is 16.4 Å². The van der Waals surface area contributed by atoms with E-state index in [9.17, 15) is 18.5 Å². The van der Waals surface area contributed by atoms with Gasteiger partial charge in [0.15, 0.2) is 0 Å². The highest BCUT2D eigenvalue weighted by molar-refractivity contribution is 9.10. The van der Waals surface area contributed by atoms with Crippen molar-refractivity contribution >= 4 is 31.5 Å². The van der Waals surface area contributed by atoms with Gasteiger partial charge >= 0.3 is 0 Å². The maximum absolute atomic E-state index is 11.1. The second kappa shape index (κ2) is 6.44. The Morgan fingerprint density at radius 1 is 1.47 bits per heavy atom. The number of nitro benzene ring substituents is 1. The highest BCUT2D eigenvalue weighted by Crippen LogP contribution is 2.28. The molecule has 1 unspecified atom stereocenters. The topological polar surface area (TPSA) is 89.3 Å². The minimum absolute atomic E-state index is 0.00457. The fraction of sp³-hybridized carbons (Fsp3) is 0.455. The van der Waals surface area contributed by atoms with E-state index in [1.807, 2.05) is 0 Å². The molecule has 106 valence electrons. The summed E-state index contributed by atoms with van der Waals surface area (Å²) in [6, 6.07) is 4.53. The van der Waals surface area contributed by atoms with E-state index < -0.39 is 14.8 Å². The molecule has 0 amide bonds. The van der Waals surface area contributed by atoms with Crippen LogP contribution in [-0.4, -0.2) is 31.4 Å². The molecule has 1 atom stereocenters. The van der Waals surface area contributed by atoms with Crippen LogP contribution >= 0.6 is 15.9 Å². The molecular formula is C11H15BrN2O4S. The molecule has 1 rings (SSSR count). The van der Waals surface area contributed by atoms with Crippen LogP contribution in [0.5, 0.6) is 0 Å². The number of nitro groups is 1. The first-order chi connectivity index (χ1) is 8.70.